The molecule has 3 nitrogen and oxygen atoms in total. The van der Waals surface area contributed by atoms with Crippen LogP contribution in [-0.2, 0) is 4.74 Å². The molecule has 0 unspecified atom stereocenters. The molecule has 0 rings (SSSR count). The topological polar surface area (TPSA) is 49.7 Å². The fourth-order valence-electron chi connectivity index (χ4n) is 0.392. The van der Waals surface area contributed by atoms with Gasteiger partial charge in [0.2, 0.25) is 0 Å². The molecular formula is C9H20O3. The molecule has 0 aromatic heterocycles. The first-order chi connectivity index (χ1) is 5.83. The highest BCUT2D eigenvalue weighted by Gasteiger charge is 1.77. The summed E-state index contributed by atoms with van der Waals surface area (Å²) in [6.45, 7) is 4.71. The Morgan fingerprint density at radius 1 is 1.25 bits per heavy atom. The van der Waals surface area contributed by atoms with Gasteiger partial charge in [0, 0.05) is 0 Å². The Morgan fingerprint density at radius 2 is 1.83 bits per heavy atom. The number of allylic oxidation sites excluding steroid dienone is 1. The van der Waals surface area contributed by atoms with Gasteiger partial charge in [0.05, 0.1) is 26.1 Å². The van der Waals surface area contributed by atoms with Crippen molar-refractivity contribution in [1.82, 2.24) is 0 Å². The quantitative estimate of drug-likeness (QED) is 0.490. The fourth-order valence-corrected chi connectivity index (χ4v) is 0.392. The van der Waals surface area contributed by atoms with E-state index < -0.39 is 0 Å². The van der Waals surface area contributed by atoms with Crippen molar-refractivity contribution in [2.45, 2.75) is 26.7 Å². The highest BCUT2D eigenvalue weighted by atomic mass is 16.5. The van der Waals surface area contributed by atoms with Gasteiger partial charge in [-0.15, -0.1) is 0 Å². The molecule has 0 aromatic carbocycles. The molecule has 74 valence electrons. The van der Waals surface area contributed by atoms with Gasteiger partial charge in [0.1, 0.15) is 0 Å². The van der Waals surface area contributed by atoms with E-state index in [1.165, 1.54) is 6.42 Å². The first-order valence-electron chi connectivity index (χ1n) is 4.27. The van der Waals surface area contributed by atoms with Gasteiger partial charge < -0.3 is 14.9 Å². The number of aliphatic hydroxyl groups is 2. The minimum atomic E-state index is -0.125. The molecule has 12 heavy (non-hydrogen) atoms. The van der Waals surface area contributed by atoms with Gasteiger partial charge in [0.25, 0.3) is 0 Å². The Morgan fingerprint density at radius 3 is 2.17 bits per heavy atom. The van der Waals surface area contributed by atoms with E-state index in [9.17, 15) is 0 Å². The smallest absolute Gasteiger partial charge is 0.0873 e. The van der Waals surface area contributed by atoms with Gasteiger partial charge in [-0.1, -0.05) is 19.4 Å². The maximum atomic E-state index is 7.62. The second kappa shape index (κ2) is 16.8. The molecule has 0 bridgehead atoms. The largest absolute Gasteiger partial charge is 0.502 e. The molecule has 0 aliphatic carbocycles. The summed E-state index contributed by atoms with van der Waals surface area (Å²) in [5.74, 6) is 0. The third kappa shape index (κ3) is 22.7. The molecule has 3 heteroatoms. The Balaban J connectivity index is 0. The molecule has 0 heterocycles. The van der Waals surface area contributed by atoms with Crippen LogP contribution in [0.15, 0.2) is 12.3 Å². The van der Waals surface area contributed by atoms with E-state index in [2.05, 4.69) is 6.92 Å². The number of hydrogen-bond acceptors (Lipinski definition) is 3. The van der Waals surface area contributed by atoms with Crippen LogP contribution in [0.2, 0.25) is 0 Å². The molecule has 0 radical (unpaired) electrons. The zero-order valence-corrected chi connectivity index (χ0v) is 7.99. The number of rotatable bonds is 5. The molecule has 0 aliphatic rings. The Hall–Kier alpha value is -0.540. The Bertz CT molecular complexity index is 79.8. The lowest BCUT2D eigenvalue weighted by Crippen LogP contribution is -1.85. The summed E-state index contributed by atoms with van der Waals surface area (Å²) < 4.78 is 5.04. The normalized spacial score (nSPS) is 9.33. The summed E-state index contributed by atoms with van der Waals surface area (Å²) in [6.07, 6.45) is 5.99. The van der Waals surface area contributed by atoms with E-state index >= 15 is 0 Å². The zero-order valence-electron chi connectivity index (χ0n) is 7.99. The van der Waals surface area contributed by atoms with Gasteiger partial charge in [-0.25, -0.2) is 0 Å². The number of unbranched alkanes of at least 4 members (excludes halogenated alkanes) is 1. The molecule has 0 saturated carbocycles. The standard InChI is InChI=1S/C7H14O.C2H6O2/c1-3-5-7-8-6-4-2;3-1-2-4/h4,6H,3,5,7H2,1-2H3;3-4H,1-2H2. The second-order valence-corrected chi connectivity index (χ2v) is 2.14. The summed E-state index contributed by atoms with van der Waals surface area (Å²) in [4.78, 5) is 0. The summed E-state index contributed by atoms with van der Waals surface area (Å²) in [7, 11) is 0. The molecule has 0 amide bonds. The molecule has 0 aromatic rings. The number of ether oxygens (including phenoxy) is 1. The third-order valence-electron chi connectivity index (χ3n) is 0.948. The third-order valence-corrected chi connectivity index (χ3v) is 0.948. The van der Waals surface area contributed by atoms with Crippen molar-refractivity contribution < 1.29 is 14.9 Å². The van der Waals surface area contributed by atoms with Crippen LogP contribution in [0.1, 0.15) is 26.7 Å². The van der Waals surface area contributed by atoms with Gasteiger partial charge in [-0.2, -0.15) is 0 Å². The molecule has 0 aliphatic heterocycles. The average molecular weight is 176 g/mol. The summed E-state index contributed by atoms with van der Waals surface area (Å²) in [5, 5.41) is 15.2. The fraction of sp³-hybridized carbons (Fsp3) is 0.778. The minimum Gasteiger partial charge on any atom is -0.502 e. The van der Waals surface area contributed by atoms with Crippen molar-refractivity contribution >= 4 is 0 Å². The summed E-state index contributed by atoms with van der Waals surface area (Å²) in [6, 6.07) is 0. The molecule has 0 atom stereocenters. The summed E-state index contributed by atoms with van der Waals surface area (Å²) >= 11 is 0. The SMILES string of the molecule is CC=COCCCC.OCCO. The van der Waals surface area contributed by atoms with Crippen LogP contribution in [0, 0.1) is 0 Å². The predicted molar refractivity (Wildman–Crippen MR) is 49.8 cm³/mol. The van der Waals surface area contributed by atoms with Crippen LogP contribution in [0.25, 0.3) is 0 Å². The maximum Gasteiger partial charge on any atom is 0.0873 e. The van der Waals surface area contributed by atoms with Crippen LogP contribution in [0.5, 0.6) is 0 Å². The van der Waals surface area contributed by atoms with Crippen LogP contribution >= 0.6 is 0 Å². The van der Waals surface area contributed by atoms with E-state index in [4.69, 9.17) is 14.9 Å². The van der Waals surface area contributed by atoms with Crippen LogP contribution in [-0.4, -0.2) is 30.0 Å². The highest BCUT2D eigenvalue weighted by molar-refractivity contribution is 4.64. The molecule has 0 fully saturated rings. The van der Waals surface area contributed by atoms with Crippen molar-refractivity contribution in [3.63, 3.8) is 0 Å². The Labute approximate surface area is 74.7 Å². The first kappa shape index (κ1) is 14.0. The van der Waals surface area contributed by atoms with Crippen molar-refractivity contribution in [3.05, 3.63) is 12.3 Å². The van der Waals surface area contributed by atoms with Gasteiger partial charge in [0.15, 0.2) is 0 Å². The van der Waals surface area contributed by atoms with Crippen molar-refractivity contribution in [2.24, 2.45) is 0 Å². The monoisotopic (exact) mass is 176 g/mol. The van der Waals surface area contributed by atoms with Gasteiger partial charge in [-0.3, -0.25) is 0 Å². The van der Waals surface area contributed by atoms with Crippen molar-refractivity contribution in [1.29, 1.82) is 0 Å². The molecule has 0 spiro atoms. The van der Waals surface area contributed by atoms with Crippen LogP contribution in [0.4, 0.5) is 0 Å². The van der Waals surface area contributed by atoms with E-state index in [0.29, 0.717) is 0 Å². The van der Waals surface area contributed by atoms with E-state index in [-0.39, 0.29) is 13.2 Å². The molecular weight excluding hydrogens is 156 g/mol. The zero-order chi connectivity index (χ0) is 9.66. The maximum absolute atomic E-state index is 7.62. The summed E-state index contributed by atoms with van der Waals surface area (Å²) in [5.41, 5.74) is 0. The average Bonchev–Trinajstić information content (AvgIpc) is 2.13. The molecule has 0 saturated heterocycles. The second-order valence-electron chi connectivity index (χ2n) is 2.14. The van der Waals surface area contributed by atoms with Crippen molar-refractivity contribution in [2.75, 3.05) is 19.8 Å². The lowest BCUT2D eigenvalue weighted by atomic mass is 10.4. The number of aliphatic hydroxyl groups excluding tert-OH is 2. The minimum absolute atomic E-state index is 0.125. The van der Waals surface area contributed by atoms with Crippen molar-refractivity contribution in [3.8, 4) is 0 Å². The molecule has 2 N–H and O–H groups in total. The van der Waals surface area contributed by atoms with Crippen LogP contribution in [0.3, 0.4) is 0 Å². The Kier molecular flexibility index (Phi) is 19.6. The van der Waals surface area contributed by atoms with Gasteiger partial charge in [-0.05, 0) is 13.3 Å². The lowest BCUT2D eigenvalue weighted by Gasteiger charge is -1.94. The predicted octanol–water partition coefficient (Wildman–Crippen LogP) is 1.31. The highest BCUT2D eigenvalue weighted by Crippen LogP contribution is 1.87. The van der Waals surface area contributed by atoms with E-state index in [1.807, 2.05) is 13.0 Å². The lowest BCUT2D eigenvalue weighted by molar-refractivity contribution is 0.186. The van der Waals surface area contributed by atoms with Crippen LogP contribution < -0.4 is 0 Å². The number of hydrogen-bond donors (Lipinski definition) is 2. The van der Waals surface area contributed by atoms with Gasteiger partial charge >= 0.3 is 0 Å². The van der Waals surface area contributed by atoms with E-state index in [0.717, 1.165) is 13.0 Å². The van der Waals surface area contributed by atoms with E-state index in [1.54, 1.807) is 6.26 Å². The first-order valence-corrected chi connectivity index (χ1v) is 4.27.